The van der Waals surface area contributed by atoms with Gasteiger partial charge in [0.1, 0.15) is 0 Å². The lowest BCUT2D eigenvalue weighted by molar-refractivity contribution is 0.103. The van der Waals surface area contributed by atoms with Gasteiger partial charge in [-0.25, -0.2) is 8.42 Å². The molecule has 3 N–H and O–H groups in total. The maximum Gasteiger partial charge on any atom is 0.195 e. The van der Waals surface area contributed by atoms with E-state index in [0.717, 1.165) is 22.2 Å². The zero-order valence-corrected chi connectivity index (χ0v) is 18.3. The number of rotatable bonds is 5. The number of aliphatic hydroxyl groups excluding tert-OH is 2. The van der Waals surface area contributed by atoms with Gasteiger partial charge in [0.2, 0.25) is 0 Å². The van der Waals surface area contributed by atoms with E-state index in [0.29, 0.717) is 16.7 Å². The number of carbonyl (C=O) groups is 1. The summed E-state index contributed by atoms with van der Waals surface area (Å²) in [6, 6.07) is 10.2. The number of hydrogen-bond acceptors (Lipinski definition) is 6. The molecule has 0 fully saturated rings. The Balaban J connectivity index is 1.89. The van der Waals surface area contributed by atoms with Gasteiger partial charge < -0.3 is 15.2 Å². The van der Waals surface area contributed by atoms with E-state index in [2.05, 4.69) is 9.98 Å². The lowest BCUT2D eigenvalue weighted by Gasteiger charge is -2.32. The number of fused-ring (bicyclic) bond motifs is 4. The van der Waals surface area contributed by atoms with Crippen molar-refractivity contribution in [2.75, 3.05) is 19.4 Å². The van der Waals surface area contributed by atoms with Gasteiger partial charge >= 0.3 is 0 Å². The molecule has 8 heteroatoms. The van der Waals surface area contributed by atoms with Crippen LogP contribution in [0.1, 0.15) is 46.6 Å². The Morgan fingerprint density at radius 2 is 1.94 bits per heavy atom. The second-order valence-electron chi connectivity index (χ2n) is 8.35. The fraction of sp³-hybridized carbons (Fsp3) is 0.304. The largest absolute Gasteiger partial charge is 0.394 e. The number of aromatic nitrogens is 1. The quantitative estimate of drug-likeness (QED) is 0.526. The second kappa shape index (κ2) is 7.40. The smallest absolute Gasteiger partial charge is 0.195 e. The number of aliphatic hydroxyl groups is 2. The molecule has 0 radical (unpaired) electrons. The first kappa shape index (κ1) is 21.4. The summed E-state index contributed by atoms with van der Waals surface area (Å²) in [6.07, 6.45) is 0.371. The highest BCUT2D eigenvalue weighted by molar-refractivity contribution is 7.91. The Bertz CT molecular complexity index is 1340. The Labute approximate surface area is 180 Å². The molecule has 1 aliphatic carbocycles. The van der Waals surface area contributed by atoms with Crippen molar-refractivity contribution in [2.45, 2.75) is 30.3 Å². The van der Waals surface area contributed by atoms with Crippen LogP contribution in [0, 0.1) is 0 Å². The van der Waals surface area contributed by atoms with E-state index in [4.69, 9.17) is 5.11 Å². The molecule has 31 heavy (non-hydrogen) atoms. The number of aliphatic imine (C=N–C) groups is 1. The third-order valence-electron chi connectivity index (χ3n) is 5.84. The normalized spacial score (nSPS) is 16.5. The summed E-state index contributed by atoms with van der Waals surface area (Å²) in [6.45, 7) is 3.25. The van der Waals surface area contributed by atoms with Crippen LogP contribution < -0.4 is 0 Å². The minimum atomic E-state index is -3.83. The van der Waals surface area contributed by atoms with Crippen LogP contribution in [0.5, 0.6) is 0 Å². The fourth-order valence-corrected chi connectivity index (χ4v) is 5.63. The first-order valence-electron chi connectivity index (χ1n) is 9.89. The van der Waals surface area contributed by atoms with Crippen molar-refractivity contribution in [2.24, 2.45) is 4.99 Å². The predicted octanol–water partition coefficient (Wildman–Crippen LogP) is 2.21. The van der Waals surface area contributed by atoms with Crippen molar-refractivity contribution in [3.8, 4) is 0 Å². The standard InChI is InChI=1S/C23H24N2O5S/c1-23(2)18-9-15(31(29,30)12-14(27)11-26)5-7-16(18)21(28)20-17-6-4-13(10-24-3)8-19(17)25-22(20)23/h4-10,14,25-27H,11-12H2,1-3H3. The number of nitrogens with one attached hydrogen (secondary N) is 1. The molecule has 7 nitrogen and oxygen atoms in total. The zero-order chi connectivity index (χ0) is 22.6. The van der Waals surface area contributed by atoms with Crippen LogP contribution in [0.15, 0.2) is 46.3 Å². The summed E-state index contributed by atoms with van der Waals surface area (Å²) in [5.41, 5.74) is 3.46. The number of H-pyrrole nitrogens is 1. The third-order valence-corrected chi connectivity index (χ3v) is 7.64. The molecule has 2 aromatic carbocycles. The van der Waals surface area contributed by atoms with Crippen molar-refractivity contribution in [1.82, 2.24) is 4.98 Å². The van der Waals surface area contributed by atoms with E-state index in [9.17, 15) is 18.3 Å². The van der Waals surface area contributed by atoms with Crippen molar-refractivity contribution in [3.05, 3.63) is 64.3 Å². The molecular weight excluding hydrogens is 416 g/mol. The van der Waals surface area contributed by atoms with Crippen molar-refractivity contribution >= 4 is 32.7 Å². The number of hydrogen-bond donors (Lipinski definition) is 3. The maximum absolute atomic E-state index is 13.4. The van der Waals surface area contributed by atoms with Gasteiger partial charge in [-0.1, -0.05) is 26.0 Å². The summed E-state index contributed by atoms with van der Waals surface area (Å²) < 4.78 is 25.4. The van der Waals surface area contributed by atoms with E-state index >= 15 is 0 Å². The number of aromatic amines is 1. The van der Waals surface area contributed by atoms with Gasteiger partial charge in [0.05, 0.1) is 28.9 Å². The molecule has 0 aliphatic heterocycles. The van der Waals surface area contributed by atoms with Gasteiger partial charge in [-0.05, 0) is 35.4 Å². The van der Waals surface area contributed by atoms with Crippen LogP contribution in [0.3, 0.4) is 0 Å². The highest BCUT2D eigenvalue weighted by Crippen LogP contribution is 2.44. The number of carbonyl (C=O) groups excluding carboxylic acids is 1. The monoisotopic (exact) mass is 440 g/mol. The van der Waals surface area contributed by atoms with Gasteiger partial charge in [0, 0.05) is 40.8 Å². The van der Waals surface area contributed by atoms with Gasteiger partial charge in [-0.3, -0.25) is 9.79 Å². The van der Waals surface area contributed by atoms with E-state index in [1.54, 1.807) is 13.3 Å². The summed E-state index contributed by atoms with van der Waals surface area (Å²) >= 11 is 0. The number of benzene rings is 2. The molecule has 1 heterocycles. The highest BCUT2D eigenvalue weighted by Gasteiger charge is 2.40. The second-order valence-corrected chi connectivity index (χ2v) is 10.4. The van der Waals surface area contributed by atoms with Crippen molar-refractivity contribution in [3.63, 3.8) is 0 Å². The maximum atomic E-state index is 13.4. The molecule has 1 aliphatic rings. The molecule has 1 atom stereocenters. The predicted molar refractivity (Wildman–Crippen MR) is 119 cm³/mol. The van der Waals surface area contributed by atoms with Crippen LogP contribution in [0.4, 0.5) is 0 Å². The number of ketones is 1. The molecule has 0 amide bonds. The summed E-state index contributed by atoms with van der Waals surface area (Å²) in [4.78, 5) is 20.8. The van der Waals surface area contributed by atoms with Crippen LogP contribution >= 0.6 is 0 Å². The Kier molecular flexibility index (Phi) is 5.12. The molecule has 0 bridgehead atoms. The molecule has 1 unspecified atom stereocenters. The van der Waals surface area contributed by atoms with Crippen LogP contribution in [-0.4, -0.2) is 61.1 Å². The minimum Gasteiger partial charge on any atom is -0.394 e. The van der Waals surface area contributed by atoms with Crippen LogP contribution in [0.25, 0.3) is 10.9 Å². The Morgan fingerprint density at radius 3 is 2.61 bits per heavy atom. The van der Waals surface area contributed by atoms with Gasteiger partial charge in [0.15, 0.2) is 15.6 Å². The lowest BCUT2D eigenvalue weighted by Crippen LogP contribution is -2.31. The topological polar surface area (TPSA) is 120 Å². The molecule has 3 aromatic rings. The van der Waals surface area contributed by atoms with Gasteiger partial charge in [0.25, 0.3) is 0 Å². The molecule has 162 valence electrons. The SMILES string of the molecule is CN=Cc1ccc2c3c([nH]c2c1)C(C)(C)c1cc(S(=O)(=O)CC(O)CO)ccc1C3=O. The molecule has 0 saturated heterocycles. The van der Waals surface area contributed by atoms with Crippen LogP contribution in [0.2, 0.25) is 0 Å². The highest BCUT2D eigenvalue weighted by atomic mass is 32.2. The third kappa shape index (κ3) is 3.40. The van der Waals surface area contributed by atoms with Gasteiger partial charge in [-0.2, -0.15) is 0 Å². The number of sulfone groups is 1. The summed E-state index contributed by atoms with van der Waals surface area (Å²) in [5.74, 6) is -0.748. The zero-order valence-electron chi connectivity index (χ0n) is 17.5. The molecule has 1 aromatic heterocycles. The Morgan fingerprint density at radius 1 is 1.19 bits per heavy atom. The first-order chi connectivity index (χ1) is 14.6. The molecule has 0 saturated carbocycles. The van der Waals surface area contributed by atoms with E-state index in [1.165, 1.54) is 18.2 Å². The summed E-state index contributed by atoms with van der Waals surface area (Å²) in [7, 11) is -2.14. The Hall–Kier alpha value is -2.81. The molecular formula is C23H24N2O5S. The van der Waals surface area contributed by atoms with E-state index in [-0.39, 0.29) is 10.7 Å². The minimum absolute atomic E-state index is 0.0145. The molecule has 4 rings (SSSR count). The van der Waals surface area contributed by atoms with E-state index in [1.807, 2.05) is 32.0 Å². The van der Waals surface area contributed by atoms with E-state index < -0.39 is 33.7 Å². The lowest BCUT2D eigenvalue weighted by atomic mass is 9.71. The summed E-state index contributed by atoms with van der Waals surface area (Å²) in [5, 5.41) is 19.4. The van der Waals surface area contributed by atoms with Gasteiger partial charge in [-0.15, -0.1) is 0 Å². The average molecular weight is 441 g/mol. The fourth-order valence-electron chi connectivity index (χ4n) is 4.25. The first-order valence-corrected chi connectivity index (χ1v) is 11.5. The van der Waals surface area contributed by atoms with Crippen LogP contribution in [-0.2, 0) is 15.3 Å². The number of nitrogens with zero attached hydrogens (tertiary/aromatic N) is 1. The average Bonchev–Trinajstić information content (AvgIpc) is 3.12. The molecule has 0 spiro atoms. The van der Waals surface area contributed by atoms with Crippen molar-refractivity contribution in [1.29, 1.82) is 0 Å². The van der Waals surface area contributed by atoms with Crippen molar-refractivity contribution < 1.29 is 23.4 Å².